The Bertz CT molecular complexity index is 690. The van der Waals surface area contributed by atoms with Gasteiger partial charge in [-0.25, -0.2) is 4.98 Å². The highest BCUT2D eigenvalue weighted by atomic mass is 79.9. The van der Waals surface area contributed by atoms with E-state index in [0.29, 0.717) is 23.4 Å². The van der Waals surface area contributed by atoms with Crippen LogP contribution in [0.25, 0.3) is 0 Å². The minimum atomic E-state index is 0.418. The van der Waals surface area contributed by atoms with E-state index >= 15 is 0 Å². The molecule has 0 amide bonds. The van der Waals surface area contributed by atoms with Gasteiger partial charge in [-0.2, -0.15) is 4.98 Å². The van der Waals surface area contributed by atoms with Crippen molar-refractivity contribution in [3.05, 3.63) is 33.0 Å². The molecule has 0 radical (unpaired) electrons. The van der Waals surface area contributed by atoms with Crippen molar-refractivity contribution in [3.8, 4) is 17.4 Å². The average molecular weight is 415 g/mol. The molecular weight excluding hydrogens is 402 g/mol. The summed E-state index contributed by atoms with van der Waals surface area (Å²) in [5.74, 6) is 3.39. The van der Waals surface area contributed by atoms with Crippen LogP contribution in [0.1, 0.15) is 24.6 Å². The summed E-state index contributed by atoms with van der Waals surface area (Å²) >= 11 is 6.89. The smallest absolute Gasteiger partial charge is 0.224 e. The third-order valence-corrected chi connectivity index (χ3v) is 4.34. The quantitative estimate of drug-likeness (QED) is 0.809. The summed E-state index contributed by atoms with van der Waals surface area (Å²) < 4.78 is 12.6. The van der Waals surface area contributed by atoms with E-state index in [1.165, 1.54) is 0 Å². The molecule has 1 aliphatic carbocycles. The topological polar surface area (TPSA) is 70.3 Å². The summed E-state index contributed by atoms with van der Waals surface area (Å²) in [7, 11) is 1.61. The molecule has 0 spiro atoms. The lowest BCUT2D eigenvalue weighted by Crippen LogP contribution is -2.00. The van der Waals surface area contributed by atoms with E-state index in [0.717, 1.165) is 33.4 Å². The van der Waals surface area contributed by atoms with Gasteiger partial charge < -0.3 is 15.2 Å². The molecule has 0 aliphatic heterocycles. The van der Waals surface area contributed by atoms with Crippen LogP contribution in [0.2, 0.25) is 0 Å². The first-order chi connectivity index (χ1) is 10.1. The zero-order valence-corrected chi connectivity index (χ0v) is 14.4. The molecule has 1 fully saturated rings. The summed E-state index contributed by atoms with van der Waals surface area (Å²) in [5, 5.41) is 0. The predicted molar refractivity (Wildman–Crippen MR) is 86.9 cm³/mol. The van der Waals surface area contributed by atoms with E-state index in [4.69, 9.17) is 15.2 Å². The van der Waals surface area contributed by atoms with Crippen LogP contribution >= 0.6 is 31.9 Å². The Labute approximate surface area is 139 Å². The van der Waals surface area contributed by atoms with Crippen molar-refractivity contribution in [2.24, 2.45) is 0 Å². The third-order valence-electron chi connectivity index (χ3n) is 3.10. The Morgan fingerprint density at radius 2 is 1.76 bits per heavy atom. The number of anilines is 1. The summed E-state index contributed by atoms with van der Waals surface area (Å²) in [5.41, 5.74) is 5.82. The van der Waals surface area contributed by atoms with Gasteiger partial charge in [0.25, 0.3) is 0 Å². The van der Waals surface area contributed by atoms with Crippen LogP contribution in [0.5, 0.6) is 17.4 Å². The first-order valence-corrected chi connectivity index (χ1v) is 8.00. The number of nitrogens with zero attached hydrogens (tertiary/aromatic N) is 2. The molecule has 110 valence electrons. The van der Waals surface area contributed by atoms with Crippen molar-refractivity contribution in [2.75, 3.05) is 12.8 Å². The minimum Gasteiger partial charge on any atom is -0.496 e. The Morgan fingerprint density at radius 1 is 1.10 bits per heavy atom. The lowest BCUT2D eigenvalue weighted by molar-refractivity contribution is 0.408. The summed E-state index contributed by atoms with van der Waals surface area (Å²) in [4.78, 5) is 8.67. The number of benzene rings is 1. The molecule has 1 saturated carbocycles. The van der Waals surface area contributed by atoms with Crippen LogP contribution in [0, 0.1) is 0 Å². The van der Waals surface area contributed by atoms with Gasteiger partial charge in [0.15, 0.2) is 0 Å². The van der Waals surface area contributed by atoms with Crippen molar-refractivity contribution >= 4 is 37.7 Å². The van der Waals surface area contributed by atoms with Crippen molar-refractivity contribution in [1.82, 2.24) is 9.97 Å². The van der Waals surface area contributed by atoms with Gasteiger partial charge in [0.1, 0.15) is 23.1 Å². The standard InChI is InChI=1S/C14H13Br2N3O2/c1-20-10-4-9(16)11(5-8(10)15)21-13-6-12(17)18-14(19-13)7-2-3-7/h4-7H,2-3H2,1H3,(H2,17,18,19). The van der Waals surface area contributed by atoms with Gasteiger partial charge in [-0.15, -0.1) is 0 Å². The maximum absolute atomic E-state index is 5.83. The Morgan fingerprint density at radius 3 is 2.43 bits per heavy atom. The molecule has 2 N–H and O–H groups in total. The fourth-order valence-corrected chi connectivity index (χ4v) is 2.78. The molecule has 1 aromatic heterocycles. The number of hydrogen-bond acceptors (Lipinski definition) is 5. The van der Waals surface area contributed by atoms with Gasteiger partial charge in [0.2, 0.25) is 5.88 Å². The van der Waals surface area contributed by atoms with Crippen molar-refractivity contribution < 1.29 is 9.47 Å². The predicted octanol–water partition coefficient (Wildman–Crippen LogP) is 4.26. The maximum atomic E-state index is 5.83. The molecule has 1 aliphatic rings. The second-order valence-electron chi connectivity index (χ2n) is 4.78. The van der Waals surface area contributed by atoms with E-state index in [1.807, 2.05) is 12.1 Å². The van der Waals surface area contributed by atoms with Crippen LogP contribution in [-0.2, 0) is 0 Å². The second-order valence-corrected chi connectivity index (χ2v) is 6.49. The lowest BCUT2D eigenvalue weighted by Gasteiger charge is -2.11. The van der Waals surface area contributed by atoms with Crippen LogP contribution in [0.4, 0.5) is 5.82 Å². The number of methoxy groups -OCH3 is 1. The molecule has 0 atom stereocenters. The fraction of sp³-hybridized carbons (Fsp3) is 0.286. The van der Waals surface area contributed by atoms with Gasteiger partial charge in [0, 0.05) is 12.0 Å². The Hall–Kier alpha value is -1.34. The molecule has 0 saturated heterocycles. The van der Waals surface area contributed by atoms with E-state index in [-0.39, 0.29) is 0 Å². The largest absolute Gasteiger partial charge is 0.496 e. The van der Waals surface area contributed by atoms with Crippen LogP contribution < -0.4 is 15.2 Å². The molecule has 1 aromatic carbocycles. The highest BCUT2D eigenvalue weighted by Crippen LogP contribution is 2.40. The van der Waals surface area contributed by atoms with Crippen LogP contribution in [0.3, 0.4) is 0 Å². The number of nitrogens with two attached hydrogens (primary N) is 1. The number of ether oxygens (including phenoxy) is 2. The lowest BCUT2D eigenvalue weighted by atomic mass is 10.3. The van der Waals surface area contributed by atoms with Gasteiger partial charge in [-0.05, 0) is 56.8 Å². The molecule has 0 bridgehead atoms. The molecule has 0 unspecified atom stereocenters. The SMILES string of the molecule is COc1cc(Br)c(Oc2cc(N)nc(C3CC3)n2)cc1Br. The van der Waals surface area contributed by atoms with E-state index in [9.17, 15) is 0 Å². The number of halogens is 2. The highest BCUT2D eigenvalue weighted by molar-refractivity contribution is 9.11. The van der Waals surface area contributed by atoms with Gasteiger partial charge in [0.05, 0.1) is 16.1 Å². The summed E-state index contributed by atoms with van der Waals surface area (Å²) in [6.07, 6.45) is 2.22. The second kappa shape index (κ2) is 5.81. The molecule has 21 heavy (non-hydrogen) atoms. The van der Waals surface area contributed by atoms with Crippen molar-refractivity contribution in [3.63, 3.8) is 0 Å². The number of aromatic nitrogens is 2. The van der Waals surface area contributed by atoms with Gasteiger partial charge >= 0.3 is 0 Å². The number of hydrogen-bond donors (Lipinski definition) is 1. The molecule has 2 aromatic rings. The normalized spacial score (nSPS) is 14.0. The first kappa shape index (κ1) is 14.6. The summed E-state index contributed by atoms with van der Waals surface area (Å²) in [6, 6.07) is 5.26. The van der Waals surface area contributed by atoms with Crippen molar-refractivity contribution in [2.45, 2.75) is 18.8 Å². The van der Waals surface area contributed by atoms with Gasteiger partial charge in [-0.1, -0.05) is 0 Å². The van der Waals surface area contributed by atoms with Crippen molar-refractivity contribution in [1.29, 1.82) is 0 Å². The maximum Gasteiger partial charge on any atom is 0.224 e. The zero-order valence-electron chi connectivity index (χ0n) is 11.3. The van der Waals surface area contributed by atoms with E-state index < -0.39 is 0 Å². The molecule has 5 nitrogen and oxygen atoms in total. The monoisotopic (exact) mass is 413 g/mol. The molecule has 7 heteroatoms. The molecule has 1 heterocycles. The number of rotatable bonds is 4. The average Bonchev–Trinajstić information content (AvgIpc) is 3.26. The number of nitrogen functional groups attached to an aromatic ring is 1. The minimum absolute atomic E-state index is 0.418. The van der Waals surface area contributed by atoms with Crippen LogP contribution in [0.15, 0.2) is 27.1 Å². The van der Waals surface area contributed by atoms with Gasteiger partial charge in [-0.3, -0.25) is 0 Å². The molecule has 3 rings (SSSR count). The van der Waals surface area contributed by atoms with E-state index in [1.54, 1.807) is 13.2 Å². The van der Waals surface area contributed by atoms with E-state index in [2.05, 4.69) is 41.8 Å². The first-order valence-electron chi connectivity index (χ1n) is 6.42. The van der Waals surface area contributed by atoms with Crippen LogP contribution in [-0.4, -0.2) is 17.1 Å². The molecular formula is C14H13Br2N3O2. The Kier molecular flexibility index (Phi) is 4.03. The zero-order chi connectivity index (χ0) is 15.0. The third kappa shape index (κ3) is 3.29. The Balaban J connectivity index is 1.91. The summed E-state index contributed by atoms with van der Waals surface area (Å²) in [6.45, 7) is 0. The fourth-order valence-electron chi connectivity index (χ4n) is 1.90. The highest BCUT2D eigenvalue weighted by Gasteiger charge is 2.27.